The van der Waals surface area contributed by atoms with Gasteiger partial charge < -0.3 is 20.9 Å². The van der Waals surface area contributed by atoms with Crippen LogP contribution in [0.5, 0.6) is 6.01 Å². The van der Waals surface area contributed by atoms with Crippen LogP contribution >= 0.6 is 0 Å². The molecular formula is C11H21N5O2. The molecule has 1 rings (SSSR count). The second-order valence-electron chi connectivity index (χ2n) is 4.40. The van der Waals surface area contributed by atoms with E-state index in [-0.39, 0.29) is 12.0 Å². The van der Waals surface area contributed by atoms with Crippen LogP contribution in [0.1, 0.15) is 27.2 Å². The first kappa shape index (κ1) is 14.4. The lowest BCUT2D eigenvalue weighted by molar-refractivity contribution is 0.161. The molecule has 0 spiro atoms. The Morgan fingerprint density at radius 2 is 2.06 bits per heavy atom. The third kappa shape index (κ3) is 5.13. The normalized spacial score (nSPS) is 12.5. The van der Waals surface area contributed by atoms with Crippen LogP contribution in [-0.4, -0.2) is 39.3 Å². The first-order chi connectivity index (χ1) is 8.51. The van der Waals surface area contributed by atoms with Gasteiger partial charge >= 0.3 is 6.01 Å². The van der Waals surface area contributed by atoms with Crippen molar-refractivity contribution in [3.05, 3.63) is 0 Å². The molecule has 0 saturated heterocycles. The van der Waals surface area contributed by atoms with Crippen molar-refractivity contribution >= 4 is 11.9 Å². The van der Waals surface area contributed by atoms with E-state index in [2.05, 4.69) is 34.1 Å². The third-order valence-corrected chi connectivity index (χ3v) is 2.14. The number of nitrogen functional groups attached to an aromatic ring is 1. The van der Waals surface area contributed by atoms with Gasteiger partial charge in [0, 0.05) is 6.54 Å². The van der Waals surface area contributed by atoms with Crippen molar-refractivity contribution in [3.63, 3.8) is 0 Å². The lowest BCUT2D eigenvalue weighted by Crippen LogP contribution is -2.22. The summed E-state index contributed by atoms with van der Waals surface area (Å²) in [7, 11) is 0. The fourth-order valence-electron chi connectivity index (χ4n) is 1.48. The quantitative estimate of drug-likeness (QED) is 0.657. The first-order valence-electron chi connectivity index (χ1n) is 6.07. The van der Waals surface area contributed by atoms with Gasteiger partial charge in [0.2, 0.25) is 11.9 Å². The molecule has 4 N–H and O–H groups in total. The fourth-order valence-corrected chi connectivity index (χ4v) is 1.48. The lowest BCUT2D eigenvalue weighted by Gasteiger charge is -2.14. The van der Waals surface area contributed by atoms with Gasteiger partial charge in [0.05, 0.1) is 12.7 Å². The van der Waals surface area contributed by atoms with Crippen LogP contribution in [0.15, 0.2) is 0 Å². The van der Waals surface area contributed by atoms with Crippen molar-refractivity contribution in [2.75, 3.05) is 24.2 Å². The topological polar surface area (TPSA) is 106 Å². The van der Waals surface area contributed by atoms with Crippen LogP contribution < -0.4 is 15.8 Å². The molecule has 1 aromatic heterocycles. The standard InChI is InChI=1S/C11H21N5O2/c1-4-18-11-15-9(12)14-10(16-11)13-6-8(17)5-7(2)3/h7-8,17H,4-6H2,1-3H3,(H3,12,13,14,15,16). The summed E-state index contributed by atoms with van der Waals surface area (Å²) in [5, 5.41) is 12.6. The summed E-state index contributed by atoms with van der Waals surface area (Å²) in [5.74, 6) is 0.840. The SMILES string of the molecule is CCOc1nc(N)nc(NCC(O)CC(C)C)n1. The van der Waals surface area contributed by atoms with Crippen molar-refractivity contribution in [1.29, 1.82) is 0 Å². The van der Waals surface area contributed by atoms with E-state index in [4.69, 9.17) is 10.5 Å². The highest BCUT2D eigenvalue weighted by atomic mass is 16.5. The van der Waals surface area contributed by atoms with E-state index >= 15 is 0 Å². The summed E-state index contributed by atoms with van der Waals surface area (Å²) in [6, 6.07) is 0.186. The van der Waals surface area contributed by atoms with Gasteiger partial charge in [-0.25, -0.2) is 0 Å². The van der Waals surface area contributed by atoms with Gasteiger partial charge in [0.1, 0.15) is 0 Å². The molecule has 1 unspecified atom stereocenters. The van der Waals surface area contributed by atoms with E-state index in [0.29, 0.717) is 31.4 Å². The number of aromatic nitrogens is 3. The highest BCUT2D eigenvalue weighted by molar-refractivity contribution is 5.32. The minimum absolute atomic E-state index is 0.0919. The molecule has 0 saturated carbocycles. The molecule has 0 aliphatic heterocycles. The Balaban J connectivity index is 2.56. The Labute approximate surface area is 107 Å². The van der Waals surface area contributed by atoms with Crippen LogP contribution in [0, 0.1) is 5.92 Å². The van der Waals surface area contributed by atoms with Gasteiger partial charge in [-0.15, -0.1) is 0 Å². The second kappa shape index (κ2) is 6.95. The van der Waals surface area contributed by atoms with E-state index in [1.165, 1.54) is 0 Å². The van der Waals surface area contributed by atoms with Crippen LogP contribution in [-0.2, 0) is 0 Å². The van der Waals surface area contributed by atoms with Crippen LogP contribution in [0.4, 0.5) is 11.9 Å². The van der Waals surface area contributed by atoms with Gasteiger partial charge in [-0.05, 0) is 19.3 Å². The smallest absolute Gasteiger partial charge is 0.323 e. The van der Waals surface area contributed by atoms with Gasteiger partial charge in [-0.2, -0.15) is 15.0 Å². The number of nitrogens with one attached hydrogen (secondary N) is 1. The minimum atomic E-state index is -0.446. The van der Waals surface area contributed by atoms with E-state index in [1.54, 1.807) is 0 Å². The van der Waals surface area contributed by atoms with Crippen molar-refractivity contribution in [2.24, 2.45) is 5.92 Å². The lowest BCUT2D eigenvalue weighted by atomic mass is 10.1. The molecule has 0 radical (unpaired) electrons. The highest BCUT2D eigenvalue weighted by Crippen LogP contribution is 2.10. The van der Waals surface area contributed by atoms with Crippen LogP contribution in [0.3, 0.4) is 0 Å². The first-order valence-corrected chi connectivity index (χ1v) is 6.07. The molecule has 7 heteroatoms. The summed E-state index contributed by atoms with van der Waals surface area (Å²) in [6.07, 6.45) is 0.268. The highest BCUT2D eigenvalue weighted by Gasteiger charge is 2.09. The van der Waals surface area contributed by atoms with Gasteiger partial charge in [0.15, 0.2) is 0 Å². The number of hydrogen-bond acceptors (Lipinski definition) is 7. The molecule has 0 aliphatic carbocycles. The maximum atomic E-state index is 9.73. The Morgan fingerprint density at radius 3 is 2.67 bits per heavy atom. The zero-order valence-electron chi connectivity index (χ0n) is 11.1. The summed E-state index contributed by atoms with van der Waals surface area (Å²) in [4.78, 5) is 11.8. The number of ether oxygens (including phenoxy) is 1. The van der Waals surface area contributed by atoms with Gasteiger partial charge in [-0.1, -0.05) is 13.8 Å². The molecule has 18 heavy (non-hydrogen) atoms. The Bertz CT molecular complexity index is 372. The second-order valence-corrected chi connectivity index (χ2v) is 4.40. The van der Waals surface area contributed by atoms with Crippen molar-refractivity contribution < 1.29 is 9.84 Å². The molecule has 0 aromatic carbocycles. The Hall–Kier alpha value is -1.63. The number of anilines is 2. The minimum Gasteiger partial charge on any atom is -0.464 e. The summed E-state index contributed by atoms with van der Waals surface area (Å²) >= 11 is 0. The van der Waals surface area contributed by atoms with Crippen LogP contribution in [0.25, 0.3) is 0 Å². The van der Waals surface area contributed by atoms with Crippen molar-refractivity contribution in [3.8, 4) is 6.01 Å². The number of rotatable bonds is 7. The molecule has 7 nitrogen and oxygen atoms in total. The summed E-state index contributed by atoms with van der Waals surface area (Å²) in [6.45, 7) is 6.76. The summed E-state index contributed by atoms with van der Waals surface area (Å²) in [5.41, 5.74) is 5.53. The molecule has 0 amide bonds. The molecule has 1 aromatic rings. The van der Waals surface area contributed by atoms with Crippen LogP contribution in [0.2, 0.25) is 0 Å². The largest absolute Gasteiger partial charge is 0.464 e. The van der Waals surface area contributed by atoms with Gasteiger partial charge in [0.25, 0.3) is 0 Å². The zero-order chi connectivity index (χ0) is 13.5. The molecule has 0 fully saturated rings. The maximum Gasteiger partial charge on any atom is 0.323 e. The number of aliphatic hydroxyl groups is 1. The molecule has 0 aliphatic rings. The van der Waals surface area contributed by atoms with E-state index in [0.717, 1.165) is 0 Å². The molecule has 0 bridgehead atoms. The Morgan fingerprint density at radius 1 is 1.33 bits per heavy atom. The molecule has 1 atom stereocenters. The maximum absolute atomic E-state index is 9.73. The van der Waals surface area contributed by atoms with E-state index < -0.39 is 6.10 Å². The Kier molecular flexibility index (Phi) is 5.57. The van der Waals surface area contributed by atoms with E-state index in [9.17, 15) is 5.11 Å². The number of aliphatic hydroxyl groups excluding tert-OH is 1. The number of hydrogen-bond donors (Lipinski definition) is 3. The average molecular weight is 255 g/mol. The zero-order valence-corrected chi connectivity index (χ0v) is 11.1. The summed E-state index contributed by atoms with van der Waals surface area (Å²) < 4.78 is 5.15. The molecule has 1 heterocycles. The monoisotopic (exact) mass is 255 g/mol. The number of nitrogens with zero attached hydrogens (tertiary/aromatic N) is 3. The molecule has 102 valence electrons. The van der Waals surface area contributed by atoms with Crippen molar-refractivity contribution in [2.45, 2.75) is 33.3 Å². The van der Waals surface area contributed by atoms with Gasteiger partial charge in [-0.3, -0.25) is 0 Å². The van der Waals surface area contributed by atoms with Crippen molar-refractivity contribution in [1.82, 2.24) is 15.0 Å². The predicted octanol–water partition coefficient (Wildman–Crippen LogP) is 0.671. The average Bonchev–Trinajstić information content (AvgIpc) is 2.25. The van der Waals surface area contributed by atoms with E-state index in [1.807, 2.05) is 6.92 Å². The number of nitrogens with two attached hydrogens (primary N) is 1. The molecular weight excluding hydrogens is 234 g/mol. The fraction of sp³-hybridized carbons (Fsp3) is 0.727. The predicted molar refractivity (Wildman–Crippen MR) is 69.4 cm³/mol. The third-order valence-electron chi connectivity index (χ3n) is 2.14.